The Hall–Kier alpha value is -1.84. The predicted octanol–water partition coefficient (Wildman–Crippen LogP) is 2.43. The highest BCUT2D eigenvalue weighted by molar-refractivity contribution is 5.89. The molecular formula is C15H18O4. The van der Waals surface area contributed by atoms with E-state index in [1.165, 1.54) is 0 Å². The average molecular weight is 262 g/mol. The number of hydrogen-bond acceptors (Lipinski definition) is 4. The van der Waals surface area contributed by atoms with Crippen molar-refractivity contribution in [3.05, 3.63) is 35.9 Å². The van der Waals surface area contributed by atoms with Gasteiger partial charge in [0.25, 0.3) is 0 Å². The van der Waals surface area contributed by atoms with E-state index in [0.717, 1.165) is 0 Å². The van der Waals surface area contributed by atoms with E-state index in [-0.39, 0.29) is 24.6 Å². The van der Waals surface area contributed by atoms with Crippen molar-refractivity contribution in [1.29, 1.82) is 0 Å². The molecule has 0 saturated carbocycles. The fraction of sp³-hybridized carbons (Fsp3) is 0.467. The standard InChI is InChI=1S/C15H18O4/c1-10-12(19-14(17)15(10,2)3)9-18-13(16)11-7-5-4-6-8-11/h4-8,10,12H,9H2,1-3H3/t10-,12?/m1/s1. The van der Waals surface area contributed by atoms with Gasteiger partial charge in [-0.15, -0.1) is 0 Å². The molecule has 0 spiro atoms. The summed E-state index contributed by atoms with van der Waals surface area (Å²) >= 11 is 0. The van der Waals surface area contributed by atoms with Crippen LogP contribution in [0.1, 0.15) is 31.1 Å². The molecule has 0 aliphatic carbocycles. The largest absolute Gasteiger partial charge is 0.458 e. The highest BCUT2D eigenvalue weighted by Crippen LogP contribution is 2.38. The van der Waals surface area contributed by atoms with Crippen molar-refractivity contribution < 1.29 is 19.1 Å². The summed E-state index contributed by atoms with van der Waals surface area (Å²) in [6.45, 7) is 5.73. The predicted molar refractivity (Wildman–Crippen MR) is 69.5 cm³/mol. The van der Waals surface area contributed by atoms with Gasteiger partial charge in [-0.05, 0) is 26.0 Å². The van der Waals surface area contributed by atoms with Gasteiger partial charge in [0, 0.05) is 5.92 Å². The Labute approximate surface area is 112 Å². The highest BCUT2D eigenvalue weighted by atomic mass is 16.6. The number of ether oxygens (including phenoxy) is 2. The maximum absolute atomic E-state index is 11.8. The summed E-state index contributed by atoms with van der Waals surface area (Å²) in [6.07, 6.45) is -0.366. The quantitative estimate of drug-likeness (QED) is 0.785. The Morgan fingerprint density at radius 3 is 2.47 bits per heavy atom. The van der Waals surface area contributed by atoms with Crippen molar-refractivity contribution in [1.82, 2.24) is 0 Å². The molecule has 19 heavy (non-hydrogen) atoms. The Morgan fingerprint density at radius 1 is 1.32 bits per heavy atom. The van der Waals surface area contributed by atoms with Crippen LogP contribution >= 0.6 is 0 Å². The van der Waals surface area contributed by atoms with Crippen LogP contribution in [-0.2, 0) is 14.3 Å². The molecule has 1 fully saturated rings. The van der Waals surface area contributed by atoms with Crippen LogP contribution in [0, 0.1) is 11.3 Å². The molecule has 1 aliphatic heterocycles. The van der Waals surface area contributed by atoms with Crippen LogP contribution in [0.2, 0.25) is 0 Å². The number of rotatable bonds is 3. The first-order valence-electron chi connectivity index (χ1n) is 6.36. The number of esters is 2. The van der Waals surface area contributed by atoms with E-state index >= 15 is 0 Å². The van der Waals surface area contributed by atoms with Gasteiger partial charge in [0.05, 0.1) is 11.0 Å². The van der Waals surface area contributed by atoms with E-state index in [0.29, 0.717) is 5.56 Å². The highest BCUT2D eigenvalue weighted by Gasteiger charge is 2.48. The zero-order chi connectivity index (χ0) is 14.0. The minimum Gasteiger partial charge on any atom is -0.458 e. The van der Waals surface area contributed by atoms with Gasteiger partial charge in [-0.25, -0.2) is 4.79 Å². The summed E-state index contributed by atoms with van der Waals surface area (Å²) in [5, 5.41) is 0. The van der Waals surface area contributed by atoms with Crippen molar-refractivity contribution in [3.63, 3.8) is 0 Å². The molecule has 1 aromatic rings. The van der Waals surface area contributed by atoms with Crippen LogP contribution in [-0.4, -0.2) is 24.6 Å². The van der Waals surface area contributed by atoms with Gasteiger partial charge in [-0.3, -0.25) is 4.79 Å². The van der Waals surface area contributed by atoms with E-state index in [4.69, 9.17) is 9.47 Å². The van der Waals surface area contributed by atoms with E-state index < -0.39 is 11.4 Å². The third kappa shape index (κ3) is 2.62. The number of carbonyl (C=O) groups excluding carboxylic acids is 2. The van der Waals surface area contributed by atoms with Crippen LogP contribution in [0.15, 0.2) is 30.3 Å². The lowest BCUT2D eigenvalue weighted by Crippen LogP contribution is -2.28. The SMILES string of the molecule is C[C@@H]1C(COC(=O)c2ccccc2)OC(=O)C1(C)C. The molecule has 1 aromatic carbocycles. The normalized spacial score (nSPS) is 24.9. The Kier molecular flexibility index (Phi) is 3.60. The number of benzene rings is 1. The maximum Gasteiger partial charge on any atom is 0.338 e. The number of carbonyl (C=O) groups is 2. The fourth-order valence-corrected chi connectivity index (χ4v) is 2.04. The first-order chi connectivity index (χ1) is 8.93. The van der Waals surface area contributed by atoms with Gasteiger partial charge >= 0.3 is 11.9 Å². The van der Waals surface area contributed by atoms with E-state index in [1.807, 2.05) is 26.8 Å². The van der Waals surface area contributed by atoms with Crippen LogP contribution in [0.25, 0.3) is 0 Å². The summed E-state index contributed by atoms with van der Waals surface area (Å²) < 4.78 is 10.5. The fourth-order valence-electron chi connectivity index (χ4n) is 2.04. The first kappa shape index (κ1) is 13.6. The molecule has 4 heteroatoms. The number of hydrogen-bond donors (Lipinski definition) is 0. The molecule has 4 nitrogen and oxygen atoms in total. The molecule has 1 heterocycles. The lowest BCUT2D eigenvalue weighted by atomic mass is 9.80. The van der Waals surface area contributed by atoms with Crippen molar-refractivity contribution in [2.45, 2.75) is 26.9 Å². The second-order valence-corrected chi connectivity index (χ2v) is 5.42. The van der Waals surface area contributed by atoms with Crippen LogP contribution in [0.5, 0.6) is 0 Å². The molecule has 2 rings (SSSR count). The average Bonchev–Trinajstić information content (AvgIpc) is 2.60. The molecule has 102 valence electrons. The van der Waals surface area contributed by atoms with Crippen LogP contribution < -0.4 is 0 Å². The van der Waals surface area contributed by atoms with Gasteiger partial charge < -0.3 is 9.47 Å². The van der Waals surface area contributed by atoms with E-state index in [2.05, 4.69) is 0 Å². The topological polar surface area (TPSA) is 52.6 Å². The summed E-state index contributed by atoms with van der Waals surface area (Å²) in [5.74, 6) is -0.613. The lowest BCUT2D eigenvalue weighted by Gasteiger charge is -2.20. The molecule has 2 atom stereocenters. The smallest absolute Gasteiger partial charge is 0.338 e. The summed E-state index contributed by atoms with van der Waals surface area (Å²) in [4.78, 5) is 23.5. The third-order valence-corrected chi connectivity index (χ3v) is 3.87. The summed E-state index contributed by atoms with van der Waals surface area (Å²) in [6, 6.07) is 8.77. The van der Waals surface area contributed by atoms with Gasteiger partial charge in [0.2, 0.25) is 0 Å². The van der Waals surface area contributed by atoms with Crippen LogP contribution in [0.3, 0.4) is 0 Å². The summed E-state index contributed by atoms with van der Waals surface area (Å²) in [7, 11) is 0. The van der Waals surface area contributed by atoms with E-state index in [9.17, 15) is 9.59 Å². The van der Waals surface area contributed by atoms with Crippen molar-refractivity contribution >= 4 is 11.9 Å². The maximum atomic E-state index is 11.8. The van der Waals surface area contributed by atoms with Crippen molar-refractivity contribution in [3.8, 4) is 0 Å². The monoisotopic (exact) mass is 262 g/mol. The molecule has 1 unspecified atom stereocenters. The number of cyclic esters (lactones) is 1. The zero-order valence-corrected chi connectivity index (χ0v) is 11.4. The Morgan fingerprint density at radius 2 is 1.95 bits per heavy atom. The second-order valence-electron chi connectivity index (χ2n) is 5.42. The van der Waals surface area contributed by atoms with Crippen LogP contribution in [0.4, 0.5) is 0 Å². The minimum atomic E-state index is -0.524. The Bertz CT molecular complexity index is 478. The molecular weight excluding hydrogens is 244 g/mol. The van der Waals surface area contributed by atoms with E-state index in [1.54, 1.807) is 24.3 Å². The molecule has 1 saturated heterocycles. The zero-order valence-electron chi connectivity index (χ0n) is 11.4. The van der Waals surface area contributed by atoms with Gasteiger partial charge in [-0.2, -0.15) is 0 Å². The molecule has 0 amide bonds. The molecule has 1 aliphatic rings. The molecule has 0 aromatic heterocycles. The van der Waals surface area contributed by atoms with Crippen molar-refractivity contribution in [2.24, 2.45) is 11.3 Å². The van der Waals surface area contributed by atoms with Gasteiger partial charge in [0.15, 0.2) is 0 Å². The van der Waals surface area contributed by atoms with Gasteiger partial charge in [-0.1, -0.05) is 25.1 Å². The first-order valence-corrected chi connectivity index (χ1v) is 6.36. The van der Waals surface area contributed by atoms with Crippen molar-refractivity contribution in [2.75, 3.05) is 6.61 Å². The Balaban J connectivity index is 1.94. The third-order valence-electron chi connectivity index (χ3n) is 3.87. The minimum absolute atomic E-state index is 0.0172. The second kappa shape index (κ2) is 5.03. The molecule has 0 bridgehead atoms. The molecule has 0 N–H and O–H groups in total. The summed E-state index contributed by atoms with van der Waals surface area (Å²) in [5.41, 5.74) is -0.0252. The molecule has 0 radical (unpaired) electrons. The van der Waals surface area contributed by atoms with Gasteiger partial charge in [0.1, 0.15) is 12.7 Å². The lowest BCUT2D eigenvalue weighted by molar-refractivity contribution is -0.148.